The predicted octanol–water partition coefficient (Wildman–Crippen LogP) is 5.18. The van der Waals surface area contributed by atoms with E-state index >= 15 is 0 Å². The lowest BCUT2D eigenvalue weighted by Gasteiger charge is -2.23. The summed E-state index contributed by atoms with van der Waals surface area (Å²) in [5.74, 6) is 0.162. The highest BCUT2D eigenvalue weighted by Gasteiger charge is 2.21. The van der Waals surface area contributed by atoms with Crippen LogP contribution in [0.4, 0.5) is 0 Å². The number of aromatic amines is 1. The molecule has 0 fully saturated rings. The van der Waals surface area contributed by atoms with Crippen molar-refractivity contribution < 1.29 is 4.79 Å². The number of nitrogens with zero attached hydrogens (tertiary/aromatic N) is 2. The number of halogens is 2. The van der Waals surface area contributed by atoms with Gasteiger partial charge in [-0.15, -0.1) is 0 Å². The second kappa shape index (κ2) is 8.81. The van der Waals surface area contributed by atoms with E-state index in [-0.39, 0.29) is 18.0 Å². The van der Waals surface area contributed by atoms with Gasteiger partial charge in [0, 0.05) is 11.0 Å². The molecule has 1 heterocycles. The van der Waals surface area contributed by atoms with Crippen molar-refractivity contribution in [1.29, 1.82) is 0 Å². The number of H-pyrrole nitrogens is 1. The van der Waals surface area contributed by atoms with E-state index < -0.39 is 0 Å². The van der Waals surface area contributed by atoms with Crippen molar-refractivity contribution in [1.82, 2.24) is 14.9 Å². The lowest BCUT2D eigenvalue weighted by atomic mass is 10.1. The lowest BCUT2D eigenvalue weighted by Crippen LogP contribution is -2.32. The van der Waals surface area contributed by atoms with Crippen LogP contribution in [-0.4, -0.2) is 20.8 Å². The van der Waals surface area contributed by atoms with Crippen molar-refractivity contribution in [2.75, 3.05) is 0 Å². The highest BCUT2D eigenvalue weighted by atomic mass is 79.9. The molecule has 1 amide bonds. The normalized spacial score (nSPS) is 10.9. The summed E-state index contributed by atoms with van der Waals surface area (Å²) in [5, 5.41) is 0.874. The second-order valence-corrected chi connectivity index (χ2v) is 8.12. The summed E-state index contributed by atoms with van der Waals surface area (Å²) in [6, 6.07) is 21.9. The number of aromatic nitrogens is 2. The number of benzene rings is 3. The predicted molar refractivity (Wildman–Crippen MR) is 122 cm³/mol. The van der Waals surface area contributed by atoms with E-state index in [4.69, 9.17) is 11.6 Å². The Balaban J connectivity index is 1.73. The van der Waals surface area contributed by atoms with Crippen LogP contribution >= 0.6 is 27.5 Å². The second-order valence-electron chi connectivity index (χ2n) is 6.80. The molecule has 3 aromatic carbocycles. The average molecular weight is 483 g/mol. The van der Waals surface area contributed by atoms with Crippen LogP contribution in [0, 0.1) is 0 Å². The Morgan fingerprint density at radius 2 is 1.73 bits per heavy atom. The molecule has 0 saturated carbocycles. The standard InChI is InChI=1S/C23H17BrClN3O2/c24-16-10-11-19(25)18(12-16)23(30)28(13-15-6-2-1-3-7-15)14-21-26-20-9-5-4-8-17(20)22(29)27-21/h1-12H,13-14H2,(H,26,27,29). The Hall–Kier alpha value is -2.96. The van der Waals surface area contributed by atoms with Gasteiger partial charge in [0.1, 0.15) is 5.82 Å². The van der Waals surface area contributed by atoms with Crippen LogP contribution in [0.15, 0.2) is 82.1 Å². The highest BCUT2D eigenvalue weighted by molar-refractivity contribution is 9.10. The fraction of sp³-hybridized carbons (Fsp3) is 0.0870. The van der Waals surface area contributed by atoms with Crippen LogP contribution in [-0.2, 0) is 13.1 Å². The first kappa shape index (κ1) is 20.3. The van der Waals surface area contributed by atoms with Gasteiger partial charge in [-0.25, -0.2) is 4.98 Å². The largest absolute Gasteiger partial charge is 0.327 e. The number of nitrogens with one attached hydrogen (secondary N) is 1. The molecule has 7 heteroatoms. The number of fused-ring (bicyclic) bond motifs is 1. The molecule has 5 nitrogen and oxygen atoms in total. The minimum Gasteiger partial charge on any atom is -0.327 e. The van der Waals surface area contributed by atoms with Crippen LogP contribution in [0.5, 0.6) is 0 Å². The summed E-state index contributed by atoms with van der Waals surface area (Å²) in [6.45, 7) is 0.482. The van der Waals surface area contributed by atoms with Crippen LogP contribution in [0.1, 0.15) is 21.7 Å². The van der Waals surface area contributed by atoms with Gasteiger partial charge in [0.15, 0.2) is 0 Å². The van der Waals surface area contributed by atoms with Gasteiger partial charge >= 0.3 is 0 Å². The molecule has 30 heavy (non-hydrogen) atoms. The van der Waals surface area contributed by atoms with Crippen LogP contribution < -0.4 is 5.56 Å². The zero-order valence-corrected chi connectivity index (χ0v) is 18.2. The van der Waals surface area contributed by atoms with Crippen LogP contribution in [0.3, 0.4) is 0 Å². The Morgan fingerprint density at radius 1 is 1.00 bits per heavy atom. The summed E-state index contributed by atoms with van der Waals surface area (Å²) in [4.78, 5) is 34.8. The summed E-state index contributed by atoms with van der Waals surface area (Å²) in [5.41, 5.74) is 1.69. The van der Waals surface area contributed by atoms with E-state index in [2.05, 4.69) is 25.9 Å². The number of rotatable bonds is 5. The average Bonchev–Trinajstić information content (AvgIpc) is 2.75. The lowest BCUT2D eigenvalue weighted by molar-refractivity contribution is 0.0725. The highest BCUT2D eigenvalue weighted by Crippen LogP contribution is 2.24. The third-order valence-electron chi connectivity index (χ3n) is 4.66. The monoisotopic (exact) mass is 481 g/mol. The molecule has 0 unspecified atom stereocenters. The van der Waals surface area contributed by atoms with E-state index in [0.29, 0.717) is 33.9 Å². The molecule has 0 aliphatic carbocycles. The van der Waals surface area contributed by atoms with Crippen LogP contribution in [0.2, 0.25) is 5.02 Å². The number of para-hydroxylation sites is 1. The zero-order valence-electron chi connectivity index (χ0n) is 15.8. The molecule has 4 aromatic rings. The molecule has 0 atom stereocenters. The third kappa shape index (κ3) is 4.45. The molecule has 0 spiro atoms. The van der Waals surface area contributed by atoms with Gasteiger partial charge in [0.25, 0.3) is 11.5 Å². The van der Waals surface area contributed by atoms with E-state index in [9.17, 15) is 9.59 Å². The molecule has 0 saturated heterocycles. The number of carbonyl (C=O) groups excluding carboxylic acids is 1. The minimum atomic E-state index is -0.249. The van der Waals surface area contributed by atoms with Crippen molar-refractivity contribution in [3.05, 3.63) is 110 Å². The fourth-order valence-corrected chi connectivity index (χ4v) is 3.79. The van der Waals surface area contributed by atoms with E-state index in [0.717, 1.165) is 10.0 Å². The number of hydrogen-bond acceptors (Lipinski definition) is 3. The van der Waals surface area contributed by atoms with Gasteiger partial charge in [-0.2, -0.15) is 0 Å². The zero-order chi connectivity index (χ0) is 21.1. The number of hydrogen-bond donors (Lipinski definition) is 1. The maximum absolute atomic E-state index is 13.4. The van der Waals surface area contributed by atoms with Gasteiger partial charge in [-0.05, 0) is 35.9 Å². The van der Waals surface area contributed by atoms with Crippen LogP contribution in [0.25, 0.3) is 10.9 Å². The summed E-state index contributed by atoms with van der Waals surface area (Å²) in [7, 11) is 0. The Labute approximate surface area is 186 Å². The SMILES string of the molecule is O=C(c1cc(Br)ccc1Cl)N(Cc1ccccc1)Cc1nc2ccccc2c(=O)[nH]1. The summed E-state index contributed by atoms with van der Waals surface area (Å²) >= 11 is 9.70. The fourth-order valence-electron chi connectivity index (χ4n) is 3.23. The minimum absolute atomic E-state index is 0.136. The Bertz CT molecular complexity index is 1270. The topological polar surface area (TPSA) is 66.1 Å². The molecular formula is C23H17BrClN3O2. The first-order chi connectivity index (χ1) is 14.5. The Morgan fingerprint density at radius 3 is 2.53 bits per heavy atom. The van der Waals surface area contributed by atoms with Crippen molar-refractivity contribution >= 4 is 44.3 Å². The molecule has 1 aromatic heterocycles. The first-order valence-electron chi connectivity index (χ1n) is 9.27. The number of amides is 1. The number of carbonyl (C=O) groups is 1. The van der Waals surface area contributed by atoms with Crippen molar-refractivity contribution in [2.24, 2.45) is 0 Å². The molecule has 4 rings (SSSR count). The molecular weight excluding hydrogens is 466 g/mol. The quantitative estimate of drug-likeness (QED) is 0.426. The summed E-state index contributed by atoms with van der Waals surface area (Å²) in [6.07, 6.45) is 0. The first-order valence-corrected chi connectivity index (χ1v) is 10.4. The summed E-state index contributed by atoms with van der Waals surface area (Å²) < 4.78 is 0.757. The van der Waals surface area contributed by atoms with E-state index in [1.807, 2.05) is 36.4 Å². The molecule has 0 radical (unpaired) electrons. The van der Waals surface area contributed by atoms with Gasteiger partial charge in [0.2, 0.25) is 0 Å². The molecule has 0 bridgehead atoms. The van der Waals surface area contributed by atoms with Gasteiger partial charge in [-0.3, -0.25) is 9.59 Å². The van der Waals surface area contributed by atoms with Gasteiger partial charge < -0.3 is 9.88 Å². The Kier molecular flexibility index (Phi) is 5.97. The van der Waals surface area contributed by atoms with E-state index in [1.165, 1.54) is 0 Å². The van der Waals surface area contributed by atoms with Crippen molar-refractivity contribution in [3.8, 4) is 0 Å². The molecule has 0 aliphatic rings. The maximum Gasteiger partial charge on any atom is 0.258 e. The molecule has 0 aliphatic heterocycles. The van der Waals surface area contributed by atoms with Crippen molar-refractivity contribution in [3.63, 3.8) is 0 Å². The molecule has 1 N–H and O–H groups in total. The third-order valence-corrected chi connectivity index (χ3v) is 5.49. The smallest absolute Gasteiger partial charge is 0.258 e. The van der Waals surface area contributed by atoms with E-state index in [1.54, 1.807) is 41.3 Å². The molecule has 150 valence electrons. The van der Waals surface area contributed by atoms with Gasteiger partial charge in [-0.1, -0.05) is 70.0 Å². The van der Waals surface area contributed by atoms with Crippen molar-refractivity contribution in [2.45, 2.75) is 13.1 Å². The van der Waals surface area contributed by atoms with Gasteiger partial charge in [0.05, 0.1) is 28.0 Å². The maximum atomic E-state index is 13.4.